The molecule has 2 bridgehead atoms. The van der Waals surface area contributed by atoms with E-state index in [1.54, 1.807) is 6.07 Å². The zero-order chi connectivity index (χ0) is 24.5. The second-order valence-electron chi connectivity index (χ2n) is 8.09. The molecular weight excluding hydrogens is 416 g/mol. The Balaban J connectivity index is 1.58. The molecule has 1 fully saturated rings. The number of carbonyl (C=O) groups is 1. The van der Waals surface area contributed by atoms with Crippen molar-refractivity contribution in [2.45, 2.75) is 25.1 Å². The number of nitrogens with zero attached hydrogens (tertiary/aromatic N) is 3. The third kappa shape index (κ3) is 2.81. The molecule has 3 aromatic rings. The summed E-state index contributed by atoms with van der Waals surface area (Å²) in [6.45, 7) is -4.66. The first-order valence-corrected chi connectivity index (χ1v) is 10.2. The van der Waals surface area contributed by atoms with Gasteiger partial charge in [0.2, 0.25) is 0 Å². The fraction of sp³-hybridized carbons (Fsp3) is 0.333. The van der Waals surface area contributed by atoms with E-state index in [-0.39, 0.29) is 29.2 Å². The Labute approximate surface area is 186 Å². The van der Waals surface area contributed by atoms with Gasteiger partial charge in [-0.3, -0.25) is 4.79 Å². The van der Waals surface area contributed by atoms with E-state index in [1.807, 2.05) is 16.7 Å². The van der Waals surface area contributed by atoms with Crippen molar-refractivity contribution >= 4 is 16.9 Å². The summed E-state index contributed by atoms with van der Waals surface area (Å²) in [6.07, 6.45) is 0.175. The van der Waals surface area contributed by atoms with Crippen LogP contribution in [0.1, 0.15) is 49.9 Å². The van der Waals surface area contributed by atoms with E-state index in [0.29, 0.717) is 30.1 Å². The van der Waals surface area contributed by atoms with Crippen molar-refractivity contribution in [2.24, 2.45) is 5.92 Å². The molecule has 6 nitrogen and oxygen atoms in total. The zero-order valence-electron chi connectivity index (χ0n) is 19.7. The Bertz CT molecular complexity index is 1420. The minimum Gasteiger partial charge on any atom is -0.434 e. The molecule has 2 aromatic carbocycles. The van der Waals surface area contributed by atoms with Crippen LogP contribution in [0.5, 0.6) is 5.75 Å². The van der Waals surface area contributed by atoms with Gasteiger partial charge in [0.25, 0.3) is 5.91 Å². The average Bonchev–Trinajstić information content (AvgIpc) is 3.24. The van der Waals surface area contributed by atoms with Gasteiger partial charge in [-0.05, 0) is 30.3 Å². The second kappa shape index (κ2) is 7.04. The minimum atomic E-state index is -3.10. The van der Waals surface area contributed by atoms with E-state index in [9.17, 15) is 13.6 Å². The molecule has 8 heteroatoms. The Morgan fingerprint density at radius 3 is 2.91 bits per heavy atom. The molecule has 0 N–H and O–H groups in total. The lowest BCUT2D eigenvalue weighted by Crippen LogP contribution is -2.30. The maximum absolute atomic E-state index is 13.4. The van der Waals surface area contributed by atoms with Gasteiger partial charge < -0.3 is 18.9 Å². The second-order valence-corrected chi connectivity index (χ2v) is 8.09. The molecule has 0 spiro atoms. The number of benzene rings is 2. The fourth-order valence-electron chi connectivity index (χ4n) is 4.69. The molecule has 3 aliphatic rings. The molecule has 0 unspecified atom stereocenters. The number of halogens is 2. The number of ether oxygens (including phenoxy) is 2. The first kappa shape index (κ1) is 16.2. The highest BCUT2D eigenvalue weighted by molar-refractivity contribution is 5.97. The summed E-state index contributed by atoms with van der Waals surface area (Å²) in [5.41, 5.74) is 2.28. The quantitative estimate of drug-likeness (QED) is 0.572. The lowest BCUT2D eigenvalue weighted by atomic mass is 9.97. The van der Waals surface area contributed by atoms with E-state index < -0.39 is 31.6 Å². The Kier molecular flexibility index (Phi) is 3.57. The number of hydrogen-bond donors (Lipinski definition) is 0. The molecule has 0 saturated carbocycles. The van der Waals surface area contributed by atoms with Gasteiger partial charge in [-0.2, -0.15) is 8.78 Å². The molecule has 162 valence electrons. The van der Waals surface area contributed by atoms with E-state index in [2.05, 4.69) is 16.8 Å². The van der Waals surface area contributed by atoms with Gasteiger partial charge in [-0.15, -0.1) is 0 Å². The van der Waals surface area contributed by atoms with Gasteiger partial charge in [0.15, 0.2) is 0 Å². The molecular formula is C24H19F2N3O3. The molecule has 1 aromatic heterocycles. The van der Waals surface area contributed by atoms with Crippen molar-refractivity contribution < 1.29 is 27.2 Å². The van der Waals surface area contributed by atoms with Crippen LogP contribution >= 0.6 is 0 Å². The van der Waals surface area contributed by atoms with Crippen molar-refractivity contribution in [2.75, 3.05) is 20.2 Å². The van der Waals surface area contributed by atoms with Crippen LogP contribution in [-0.2, 0) is 4.74 Å². The van der Waals surface area contributed by atoms with E-state index in [0.717, 1.165) is 10.5 Å². The smallest absolute Gasteiger partial charge is 0.387 e. The first-order valence-electron chi connectivity index (χ1n) is 11.7. The Hall–Kier alpha value is -3.44. The van der Waals surface area contributed by atoms with Crippen LogP contribution in [0.15, 0.2) is 36.4 Å². The number of rotatable bonds is 2. The predicted octanol–water partition coefficient (Wildman–Crippen LogP) is 3.76. The van der Waals surface area contributed by atoms with Crippen molar-refractivity contribution in [1.82, 2.24) is 14.5 Å². The van der Waals surface area contributed by atoms with Crippen molar-refractivity contribution in [3.8, 4) is 17.6 Å². The SMILES string of the molecule is [2H]C([2H])([2H])N1C(=O)c2cccc(OC(F)F)c2[C@H]2C[C@@H]1c1nc3ccc(C#CC4COC4)cc3n12. The summed E-state index contributed by atoms with van der Waals surface area (Å²) in [5, 5.41) is 0. The maximum atomic E-state index is 13.4. The number of aromatic nitrogens is 2. The van der Waals surface area contributed by atoms with Crippen molar-refractivity contribution in [3.63, 3.8) is 0 Å². The molecule has 0 aliphatic carbocycles. The standard InChI is InChI=1S/C24H19F2N3O3/c1-28-19-10-18(21-15(23(28)30)3-2-4-20(21)32-24(25)26)29-17-9-13(5-6-14-11-31-12-14)7-8-16(17)27-22(19)29/h2-4,7-9,14,18-19,24H,10-12H2,1H3/t18-,19-/m1/s1/i1D3. The highest BCUT2D eigenvalue weighted by atomic mass is 19.3. The highest BCUT2D eigenvalue weighted by Crippen LogP contribution is 2.49. The molecule has 4 heterocycles. The summed E-state index contributed by atoms with van der Waals surface area (Å²) >= 11 is 0. The number of alkyl halides is 2. The number of carbonyl (C=O) groups excluding carboxylic acids is 1. The van der Waals surface area contributed by atoms with Crippen LogP contribution in [0.25, 0.3) is 11.0 Å². The Morgan fingerprint density at radius 1 is 1.28 bits per heavy atom. The number of imidazole rings is 1. The molecule has 2 atom stereocenters. The Morgan fingerprint density at radius 2 is 2.16 bits per heavy atom. The van der Waals surface area contributed by atoms with Crippen molar-refractivity contribution in [1.29, 1.82) is 0 Å². The summed E-state index contributed by atoms with van der Waals surface area (Å²) in [4.78, 5) is 18.9. The number of amides is 1. The lowest BCUT2D eigenvalue weighted by Gasteiger charge is -2.24. The largest absolute Gasteiger partial charge is 0.434 e. The predicted molar refractivity (Wildman–Crippen MR) is 112 cm³/mol. The van der Waals surface area contributed by atoms with Crippen LogP contribution < -0.4 is 4.74 Å². The van der Waals surface area contributed by atoms with Crippen LogP contribution in [0.3, 0.4) is 0 Å². The normalized spacial score (nSPS) is 23.4. The number of hydrogen-bond acceptors (Lipinski definition) is 4. The van der Waals surface area contributed by atoms with Gasteiger partial charge in [-0.25, -0.2) is 4.98 Å². The van der Waals surface area contributed by atoms with Crippen LogP contribution in [0.2, 0.25) is 0 Å². The monoisotopic (exact) mass is 438 g/mol. The topological polar surface area (TPSA) is 56.6 Å². The molecule has 0 radical (unpaired) electrons. The van der Waals surface area contributed by atoms with E-state index in [1.165, 1.54) is 18.2 Å². The van der Waals surface area contributed by atoms with Gasteiger partial charge >= 0.3 is 6.61 Å². The summed E-state index contributed by atoms with van der Waals surface area (Å²) in [5.74, 6) is 5.96. The molecule has 6 rings (SSSR count). The molecule has 1 saturated heterocycles. The van der Waals surface area contributed by atoms with Gasteiger partial charge in [0.05, 0.1) is 42.2 Å². The maximum Gasteiger partial charge on any atom is 0.387 e. The average molecular weight is 438 g/mol. The van der Waals surface area contributed by atoms with E-state index in [4.69, 9.17) is 13.6 Å². The number of fused-ring (bicyclic) bond motifs is 9. The van der Waals surface area contributed by atoms with Crippen LogP contribution in [0, 0.1) is 17.8 Å². The van der Waals surface area contributed by atoms with Crippen molar-refractivity contribution in [3.05, 3.63) is 58.9 Å². The first-order chi connectivity index (χ1) is 16.7. The highest BCUT2D eigenvalue weighted by Gasteiger charge is 2.45. The summed E-state index contributed by atoms with van der Waals surface area (Å²) in [6, 6.07) is 8.22. The molecule has 3 aliphatic heterocycles. The van der Waals surface area contributed by atoms with E-state index >= 15 is 0 Å². The van der Waals surface area contributed by atoms with Gasteiger partial charge in [-0.1, -0.05) is 17.9 Å². The third-order valence-electron chi connectivity index (χ3n) is 6.21. The summed E-state index contributed by atoms with van der Waals surface area (Å²) < 4.78 is 62.5. The fourth-order valence-corrected chi connectivity index (χ4v) is 4.69. The lowest BCUT2D eigenvalue weighted by molar-refractivity contribution is -0.0507. The third-order valence-corrected chi connectivity index (χ3v) is 6.21. The van der Waals surface area contributed by atoms with Crippen LogP contribution in [0.4, 0.5) is 8.78 Å². The minimum absolute atomic E-state index is 0.0280. The zero-order valence-corrected chi connectivity index (χ0v) is 16.7. The van der Waals surface area contributed by atoms with Gasteiger partial charge in [0.1, 0.15) is 11.6 Å². The summed E-state index contributed by atoms with van der Waals surface area (Å²) in [7, 11) is 0. The molecule has 32 heavy (non-hydrogen) atoms. The molecule has 1 amide bonds. The van der Waals surface area contributed by atoms with Crippen LogP contribution in [-0.4, -0.2) is 47.2 Å². The van der Waals surface area contributed by atoms with Gasteiger partial charge in [0, 0.05) is 34.2 Å².